The number of nitrogens with two attached hydrogens (primary N) is 1. The molecule has 148 valence electrons. The molecule has 0 aromatic heterocycles. The Labute approximate surface area is 165 Å². The van der Waals surface area contributed by atoms with E-state index in [1.165, 1.54) is 0 Å². The van der Waals surface area contributed by atoms with Gasteiger partial charge in [0.05, 0.1) is 12.2 Å². The Kier molecular flexibility index (Phi) is 6.49. The summed E-state index contributed by atoms with van der Waals surface area (Å²) in [5.74, 6) is 6.93. The highest BCUT2D eigenvalue weighted by Gasteiger charge is 2.48. The van der Waals surface area contributed by atoms with Crippen LogP contribution in [-0.2, 0) is 18.9 Å². The molecule has 7 heteroatoms. The minimum Gasteiger partial charge on any atom is -0.383 e. The average Bonchev–Trinajstić information content (AvgIpc) is 3.05. The van der Waals surface area contributed by atoms with Gasteiger partial charge in [0.1, 0.15) is 30.0 Å². The van der Waals surface area contributed by atoms with Crippen LogP contribution in [0.5, 0.6) is 0 Å². The molecule has 2 heterocycles. The van der Waals surface area contributed by atoms with Crippen molar-refractivity contribution in [2.45, 2.75) is 24.5 Å². The molecule has 0 spiro atoms. The van der Waals surface area contributed by atoms with Gasteiger partial charge in [0, 0.05) is 33.1 Å². The Bertz CT molecular complexity index is 825. The second kappa shape index (κ2) is 9.04. The molecule has 1 aromatic carbocycles. The number of hydrogen-bond acceptors (Lipinski definition) is 7. The third-order valence-electron chi connectivity index (χ3n) is 4.64. The molecule has 0 radical (unpaired) electrons. The van der Waals surface area contributed by atoms with Gasteiger partial charge in [0.15, 0.2) is 6.23 Å². The van der Waals surface area contributed by atoms with E-state index in [-0.39, 0.29) is 18.3 Å². The fourth-order valence-corrected chi connectivity index (χ4v) is 3.28. The van der Waals surface area contributed by atoms with Gasteiger partial charge in [-0.2, -0.15) is 0 Å². The summed E-state index contributed by atoms with van der Waals surface area (Å²) < 4.78 is 22.7. The average molecular weight is 383 g/mol. The summed E-state index contributed by atoms with van der Waals surface area (Å²) in [5.41, 5.74) is 7.53. The number of amidine groups is 1. The first-order valence-corrected chi connectivity index (χ1v) is 8.89. The third-order valence-corrected chi connectivity index (χ3v) is 4.64. The van der Waals surface area contributed by atoms with Crippen molar-refractivity contribution >= 4 is 5.84 Å². The van der Waals surface area contributed by atoms with E-state index >= 15 is 0 Å². The van der Waals surface area contributed by atoms with Crippen LogP contribution in [0.15, 0.2) is 59.5 Å². The van der Waals surface area contributed by atoms with Crippen LogP contribution in [0.4, 0.5) is 0 Å². The maximum atomic E-state index is 6.15. The molecule has 3 rings (SSSR count). The molecule has 0 saturated carbocycles. The normalized spacial score (nSPS) is 27.1. The molecule has 2 aliphatic rings. The first kappa shape index (κ1) is 20.1. The predicted octanol–water partition coefficient (Wildman–Crippen LogP) is 1.47. The van der Waals surface area contributed by atoms with E-state index < -0.39 is 6.23 Å². The van der Waals surface area contributed by atoms with Crippen LogP contribution in [-0.4, -0.2) is 63.2 Å². The van der Waals surface area contributed by atoms with E-state index in [0.29, 0.717) is 23.8 Å². The number of hydrogen-bond donors (Lipinski definition) is 1. The summed E-state index contributed by atoms with van der Waals surface area (Å²) in [6.45, 7) is 4.37. The molecule has 1 fully saturated rings. The van der Waals surface area contributed by atoms with Crippen molar-refractivity contribution in [3.05, 3.63) is 60.1 Å². The fraction of sp³-hybridized carbons (Fsp3) is 0.381. The molecule has 2 unspecified atom stereocenters. The van der Waals surface area contributed by atoms with Crippen molar-refractivity contribution in [1.29, 1.82) is 0 Å². The van der Waals surface area contributed by atoms with Gasteiger partial charge in [-0.3, -0.25) is 0 Å². The molecule has 28 heavy (non-hydrogen) atoms. The maximum absolute atomic E-state index is 6.15. The third kappa shape index (κ3) is 4.11. The number of aliphatic imine (C=N–C) groups is 1. The number of nitrogens with zero attached hydrogens (tertiary/aromatic N) is 2. The molecule has 2 N–H and O–H groups in total. The van der Waals surface area contributed by atoms with Crippen LogP contribution in [0.2, 0.25) is 0 Å². The topological polar surface area (TPSA) is 78.5 Å². The molecule has 0 aliphatic carbocycles. The van der Waals surface area contributed by atoms with Gasteiger partial charge < -0.3 is 29.6 Å². The molecule has 0 bridgehead atoms. The minimum absolute atomic E-state index is 0.284. The van der Waals surface area contributed by atoms with E-state index in [0.717, 1.165) is 5.56 Å². The number of rotatable bonds is 5. The molecule has 7 nitrogen and oxygen atoms in total. The predicted molar refractivity (Wildman–Crippen MR) is 106 cm³/mol. The van der Waals surface area contributed by atoms with E-state index in [2.05, 4.69) is 23.4 Å². The lowest BCUT2D eigenvalue weighted by Gasteiger charge is -2.32. The Balaban J connectivity index is 1.89. The molecule has 1 saturated heterocycles. The van der Waals surface area contributed by atoms with Gasteiger partial charge in [0.25, 0.3) is 0 Å². The quantitative estimate of drug-likeness (QED) is 0.776. The highest BCUT2D eigenvalue weighted by molar-refractivity contribution is 6.02. The van der Waals surface area contributed by atoms with Crippen LogP contribution in [0, 0.1) is 11.8 Å². The zero-order valence-corrected chi connectivity index (χ0v) is 16.3. The van der Waals surface area contributed by atoms with Crippen LogP contribution in [0.25, 0.3) is 0 Å². The van der Waals surface area contributed by atoms with Gasteiger partial charge in [-0.15, -0.1) is 0 Å². The van der Waals surface area contributed by atoms with Gasteiger partial charge in [0.2, 0.25) is 0 Å². The van der Waals surface area contributed by atoms with Crippen LogP contribution >= 0.6 is 0 Å². The maximum Gasteiger partial charge on any atom is 0.164 e. The number of benzene rings is 1. The summed E-state index contributed by atoms with van der Waals surface area (Å²) >= 11 is 0. The second-order valence-electron chi connectivity index (χ2n) is 6.40. The van der Waals surface area contributed by atoms with Crippen molar-refractivity contribution in [2.24, 2.45) is 10.7 Å². The highest BCUT2D eigenvalue weighted by atomic mass is 16.6. The lowest BCUT2D eigenvalue weighted by molar-refractivity contribution is -0.0804. The lowest BCUT2D eigenvalue weighted by atomic mass is 10.1. The Morgan fingerprint density at radius 1 is 1.14 bits per heavy atom. The first-order chi connectivity index (χ1) is 13.6. The van der Waals surface area contributed by atoms with Gasteiger partial charge >= 0.3 is 0 Å². The molecular formula is C21H25N3O4. The van der Waals surface area contributed by atoms with Gasteiger partial charge in [-0.25, -0.2) is 4.99 Å². The standard InChI is InChI=1S/C21H25N3O4/c1-14-23-20(22)16(11-10-15-8-6-5-7-9-15)12-24(14)21-19(27-4)18(26-3)17(28-21)13-25-2/h5-9,12,17-19,21H,1,13H2,2-4H3,(H2,22,23)/t17-,18?,19?,21-/m1/s1. The highest BCUT2D eigenvalue weighted by Crippen LogP contribution is 2.32. The SMILES string of the molecule is C=C1N=C(N)C(C#Cc2ccccc2)=CN1[C@@H]1O[C@H](COC)C(OC)C1OC. The second-order valence-corrected chi connectivity index (χ2v) is 6.40. The van der Waals surface area contributed by atoms with E-state index in [1.54, 1.807) is 32.4 Å². The smallest absolute Gasteiger partial charge is 0.164 e. The van der Waals surface area contributed by atoms with E-state index in [9.17, 15) is 0 Å². The van der Waals surface area contributed by atoms with E-state index in [4.69, 9.17) is 24.7 Å². The summed E-state index contributed by atoms with van der Waals surface area (Å²) in [6, 6.07) is 9.67. The monoisotopic (exact) mass is 383 g/mol. The van der Waals surface area contributed by atoms with Gasteiger partial charge in [-0.1, -0.05) is 36.6 Å². The molecule has 4 atom stereocenters. The first-order valence-electron chi connectivity index (χ1n) is 8.89. The number of methoxy groups -OCH3 is 3. The van der Waals surface area contributed by atoms with Crippen molar-refractivity contribution < 1.29 is 18.9 Å². The summed E-state index contributed by atoms with van der Waals surface area (Å²) in [6.07, 6.45) is 0.356. The van der Waals surface area contributed by atoms with Crippen molar-refractivity contribution in [2.75, 3.05) is 27.9 Å². The van der Waals surface area contributed by atoms with Crippen molar-refractivity contribution in [3.8, 4) is 11.8 Å². The molecular weight excluding hydrogens is 358 g/mol. The minimum atomic E-state index is -0.493. The van der Waals surface area contributed by atoms with Crippen LogP contribution in [0.1, 0.15) is 5.56 Å². The Hall–Kier alpha value is -2.63. The summed E-state index contributed by atoms with van der Waals surface area (Å²) in [4.78, 5) is 6.12. The largest absolute Gasteiger partial charge is 0.383 e. The van der Waals surface area contributed by atoms with Gasteiger partial charge in [-0.05, 0) is 12.1 Å². The van der Waals surface area contributed by atoms with Crippen LogP contribution in [0.3, 0.4) is 0 Å². The zero-order valence-electron chi connectivity index (χ0n) is 16.3. The zero-order chi connectivity index (χ0) is 20.1. The van der Waals surface area contributed by atoms with E-state index in [1.807, 2.05) is 30.3 Å². The lowest BCUT2D eigenvalue weighted by Crippen LogP contribution is -2.44. The Morgan fingerprint density at radius 3 is 2.50 bits per heavy atom. The van der Waals surface area contributed by atoms with Crippen molar-refractivity contribution in [3.63, 3.8) is 0 Å². The molecule has 1 aromatic rings. The summed E-state index contributed by atoms with van der Waals surface area (Å²) in [7, 11) is 4.86. The van der Waals surface area contributed by atoms with Crippen LogP contribution < -0.4 is 5.73 Å². The molecule has 0 amide bonds. The van der Waals surface area contributed by atoms with Crippen molar-refractivity contribution in [1.82, 2.24) is 4.90 Å². The fourth-order valence-electron chi connectivity index (χ4n) is 3.28. The number of ether oxygens (including phenoxy) is 4. The summed E-state index contributed by atoms with van der Waals surface area (Å²) in [5, 5.41) is 0. The molecule has 2 aliphatic heterocycles. The Morgan fingerprint density at radius 2 is 1.86 bits per heavy atom.